The molecule has 1 aromatic rings. The molecule has 0 unspecified atom stereocenters. The first-order valence-corrected chi connectivity index (χ1v) is 4.05. The Morgan fingerprint density at radius 3 is 3.00 bits per heavy atom. The minimum absolute atomic E-state index is 0.731. The standard InChI is InChI=1S/C5H6N2S2/c1-9-5-6-3-2-4(8)7-5/h2-3H,1H3,(H,6,7,8). The zero-order valence-corrected chi connectivity index (χ0v) is 6.55. The molecule has 48 valence electrons. The zero-order valence-electron chi connectivity index (χ0n) is 4.92. The molecule has 9 heavy (non-hydrogen) atoms. The predicted molar refractivity (Wildman–Crippen MR) is 41.2 cm³/mol. The fourth-order valence-electron chi connectivity index (χ4n) is 0.456. The van der Waals surface area contributed by atoms with Gasteiger partial charge in [-0.2, -0.15) is 0 Å². The molecule has 0 aliphatic heterocycles. The molecule has 4 heteroatoms. The Morgan fingerprint density at radius 1 is 1.78 bits per heavy atom. The van der Waals surface area contributed by atoms with Crippen LogP contribution in [0.15, 0.2) is 17.4 Å². The van der Waals surface area contributed by atoms with E-state index in [1.54, 1.807) is 24.0 Å². The van der Waals surface area contributed by atoms with E-state index in [4.69, 9.17) is 12.2 Å². The fourth-order valence-corrected chi connectivity index (χ4v) is 1.06. The molecule has 1 aromatic heterocycles. The molecule has 1 heterocycles. The number of H-pyrrole nitrogens is 1. The van der Waals surface area contributed by atoms with Crippen LogP contribution < -0.4 is 0 Å². The van der Waals surface area contributed by atoms with E-state index in [1.165, 1.54) is 0 Å². The van der Waals surface area contributed by atoms with Gasteiger partial charge < -0.3 is 4.98 Å². The summed E-state index contributed by atoms with van der Waals surface area (Å²) in [6.45, 7) is 0. The smallest absolute Gasteiger partial charge is 0.165 e. The van der Waals surface area contributed by atoms with Crippen LogP contribution in [0.5, 0.6) is 0 Å². The summed E-state index contributed by atoms with van der Waals surface area (Å²) in [6, 6.07) is 1.76. The molecule has 0 saturated heterocycles. The average molecular weight is 158 g/mol. The summed E-state index contributed by atoms with van der Waals surface area (Å²) in [5.74, 6) is 0. The molecule has 1 rings (SSSR count). The highest BCUT2D eigenvalue weighted by Gasteiger charge is 1.85. The highest BCUT2D eigenvalue weighted by molar-refractivity contribution is 7.98. The molecule has 0 aliphatic carbocycles. The van der Waals surface area contributed by atoms with Gasteiger partial charge in [0.1, 0.15) is 4.64 Å². The van der Waals surface area contributed by atoms with Crippen molar-refractivity contribution in [3.8, 4) is 0 Å². The minimum atomic E-state index is 0.731. The molecule has 0 aliphatic rings. The topological polar surface area (TPSA) is 28.7 Å². The number of thioether (sulfide) groups is 1. The molecule has 0 aromatic carbocycles. The van der Waals surface area contributed by atoms with Crippen molar-refractivity contribution in [3.05, 3.63) is 16.9 Å². The SMILES string of the molecule is CSc1nccc(=S)[nH]1. The van der Waals surface area contributed by atoms with Crippen molar-refractivity contribution in [1.82, 2.24) is 9.97 Å². The summed E-state index contributed by atoms with van der Waals surface area (Å²) in [4.78, 5) is 6.92. The maximum absolute atomic E-state index is 4.86. The third kappa shape index (κ3) is 1.80. The first-order valence-electron chi connectivity index (χ1n) is 2.42. The number of nitrogens with zero attached hydrogens (tertiary/aromatic N) is 1. The normalized spacial score (nSPS) is 9.44. The second kappa shape index (κ2) is 2.98. The summed E-state index contributed by atoms with van der Waals surface area (Å²) in [5.41, 5.74) is 0. The molecule has 0 atom stereocenters. The number of rotatable bonds is 1. The lowest BCUT2D eigenvalue weighted by molar-refractivity contribution is 0.959. The molecular formula is C5H6N2S2. The van der Waals surface area contributed by atoms with E-state index in [2.05, 4.69) is 9.97 Å². The van der Waals surface area contributed by atoms with Gasteiger partial charge in [0.05, 0.1) is 0 Å². The quantitative estimate of drug-likeness (QED) is 0.384. The third-order valence-corrected chi connectivity index (χ3v) is 1.67. The Bertz CT molecular complexity index is 243. The van der Waals surface area contributed by atoms with Crippen LogP contribution in [0.4, 0.5) is 0 Å². The fraction of sp³-hybridized carbons (Fsp3) is 0.200. The van der Waals surface area contributed by atoms with Gasteiger partial charge in [0.25, 0.3) is 0 Å². The molecule has 2 nitrogen and oxygen atoms in total. The van der Waals surface area contributed by atoms with Crippen molar-refractivity contribution in [3.63, 3.8) is 0 Å². The molecule has 0 amide bonds. The van der Waals surface area contributed by atoms with E-state index >= 15 is 0 Å². The van der Waals surface area contributed by atoms with Gasteiger partial charge in [-0.3, -0.25) is 0 Å². The van der Waals surface area contributed by atoms with Gasteiger partial charge in [-0.25, -0.2) is 4.98 Å². The monoisotopic (exact) mass is 158 g/mol. The van der Waals surface area contributed by atoms with Gasteiger partial charge in [0.2, 0.25) is 0 Å². The number of hydrogen-bond donors (Lipinski definition) is 1. The van der Waals surface area contributed by atoms with E-state index in [1.807, 2.05) is 6.26 Å². The van der Waals surface area contributed by atoms with Crippen LogP contribution in [0.2, 0.25) is 0 Å². The maximum atomic E-state index is 4.86. The van der Waals surface area contributed by atoms with Crippen molar-refractivity contribution >= 4 is 24.0 Å². The predicted octanol–water partition coefficient (Wildman–Crippen LogP) is 1.86. The second-order valence-electron chi connectivity index (χ2n) is 1.44. The Labute approximate surface area is 62.7 Å². The molecule has 0 bridgehead atoms. The first kappa shape index (κ1) is 6.77. The van der Waals surface area contributed by atoms with Gasteiger partial charge >= 0.3 is 0 Å². The number of aromatic nitrogens is 2. The molecule has 0 spiro atoms. The lowest BCUT2D eigenvalue weighted by atomic mass is 10.7. The average Bonchev–Trinajstić information content (AvgIpc) is 1.88. The summed E-state index contributed by atoms with van der Waals surface area (Å²) in [5, 5.41) is 0.863. The van der Waals surface area contributed by atoms with E-state index in [9.17, 15) is 0 Å². The van der Waals surface area contributed by atoms with E-state index in [-0.39, 0.29) is 0 Å². The lowest BCUT2D eigenvalue weighted by Gasteiger charge is -1.90. The van der Waals surface area contributed by atoms with Gasteiger partial charge in [0, 0.05) is 6.20 Å². The number of nitrogens with one attached hydrogen (secondary N) is 1. The molecular weight excluding hydrogens is 152 g/mol. The van der Waals surface area contributed by atoms with Crippen molar-refractivity contribution in [2.24, 2.45) is 0 Å². The second-order valence-corrected chi connectivity index (χ2v) is 2.68. The van der Waals surface area contributed by atoms with Crippen LogP contribution in [0.3, 0.4) is 0 Å². The van der Waals surface area contributed by atoms with Crippen LogP contribution in [0.1, 0.15) is 0 Å². The Balaban J connectivity index is 3.08. The van der Waals surface area contributed by atoms with Gasteiger partial charge in [-0.15, -0.1) is 0 Å². The van der Waals surface area contributed by atoms with Gasteiger partial charge in [-0.05, 0) is 12.3 Å². The van der Waals surface area contributed by atoms with Crippen LogP contribution in [-0.2, 0) is 0 Å². The summed E-state index contributed by atoms with van der Waals surface area (Å²) < 4.78 is 0.731. The highest BCUT2D eigenvalue weighted by atomic mass is 32.2. The third-order valence-electron chi connectivity index (χ3n) is 0.841. The molecule has 0 saturated carbocycles. The van der Waals surface area contributed by atoms with Crippen molar-refractivity contribution < 1.29 is 0 Å². The van der Waals surface area contributed by atoms with Crippen LogP contribution in [0, 0.1) is 4.64 Å². The number of hydrogen-bond acceptors (Lipinski definition) is 3. The van der Waals surface area contributed by atoms with Crippen molar-refractivity contribution in [1.29, 1.82) is 0 Å². The molecule has 0 radical (unpaired) electrons. The summed E-state index contributed by atoms with van der Waals surface area (Å²) in [7, 11) is 0. The van der Waals surface area contributed by atoms with Gasteiger partial charge in [-0.1, -0.05) is 24.0 Å². The maximum Gasteiger partial charge on any atom is 0.165 e. The van der Waals surface area contributed by atoms with Crippen molar-refractivity contribution in [2.75, 3.05) is 6.26 Å². The van der Waals surface area contributed by atoms with Crippen LogP contribution in [-0.4, -0.2) is 16.2 Å². The van der Waals surface area contributed by atoms with Gasteiger partial charge in [0.15, 0.2) is 5.16 Å². The van der Waals surface area contributed by atoms with E-state index in [0.29, 0.717) is 0 Å². The zero-order chi connectivity index (χ0) is 6.69. The van der Waals surface area contributed by atoms with E-state index < -0.39 is 0 Å². The Morgan fingerprint density at radius 2 is 2.56 bits per heavy atom. The summed E-state index contributed by atoms with van der Waals surface area (Å²) >= 11 is 6.41. The minimum Gasteiger partial charge on any atom is -0.326 e. The van der Waals surface area contributed by atoms with E-state index in [0.717, 1.165) is 9.80 Å². The Hall–Kier alpha value is -0.350. The number of aromatic amines is 1. The van der Waals surface area contributed by atoms with Crippen LogP contribution >= 0.6 is 24.0 Å². The molecule has 1 N–H and O–H groups in total. The van der Waals surface area contributed by atoms with Crippen molar-refractivity contribution in [2.45, 2.75) is 5.16 Å². The lowest BCUT2D eigenvalue weighted by Crippen LogP contribution is -1.82. The highest BCUT2D eigenvalue weighted by Crippen LogP contribution is 2.04. The van der Waals surface area contributed by atoms with Crippen LogP contribution in [0.25, 0.3) is 0 Å². The summed E-state index contributed by atoms with van der Waals surface area (Å²) in [6.07, 6.45) is 3.65. The first-order chi connectivity index (χ1) is 4.33. The molecule has 0 fully saturated rings. The largest absolute Gasteiger partial charge is 0.326 e. The Kier molecular flexibility index (Phi) is 2.24.